The summed E-state index contributed by atoms with van der Waals surface area (Å²) in [5, 5.41) is 20.2. The first-order valence-electron chi connectivity index (χ1n) is 4.98. The van der Waals surface area contributed by atoms with Crippen LogP contribution in [0, 0.1) is 0 Å². The Labute approximate surface area is 87.9 Å². The highest BCUT2D eigenvalue weighted by Gasteiger charge is 2.27. The lowest BCUT2D eigenvalue weighted by Crippen LogP contribution is -2.51. The number of aliphatic carboxylic acids is 1. The Hall–Kier alpha value is -1.30. The number of carboxylic acid groups (broad SMARTS) is 1. The molecule has 0 spiro atoms. The average molecular weight is 216 g/mol. The molecule has 6 heteroatoms. The molecular weight excluding hydrogens is 200 g/mol. The largest absolute Gasteiger partial charge is 0.480 e. The Balaban J connectivity index is 2.50. The highest BCUT2D eigenvalue weighted by Crippen LogP contribution is 2.07. The maximum atomic E-state index is 11.5. The number of carbonyl (C=O) groups excluding carboxylic acids is 1. The van der Waals surface area contributed by atoms with E-state index in [1.807, 2.05) is 0 Å². The van der Waals surface area contributed by atoms with Crippen LogP contribution in [0.3, 0.4) is 0 Å². The SMILES string of the molecule is C[C@@H](O)[C@H](NC(=O)N1CCCC1)C(=O)O. The molecule has 0 aromatic carbocycles. The van der Waals surface area contributed by atoms with Gasteiger partial charge in [-0.1, -0.05) is 0 Å². The third kappa shape index (κ3) is 3.09. The van der Waals surface area contributed by atoms with Crippen LogP contribution in [-0.4, -0.2) is 52.3 Å². The van der Waals surface area contributed by atoms with Crippen molar-refractivity contribution in [3.63, 3.8) is 0 Å². The first-order chi connectivity index (χ1) is 7.02. The van der Waals surface area contributed by atoms with Gasteiger partial charge >= 0.3 is 12.0 Å². The Morgan fingerprint density at radius 3 is 2.27 bits per heavy atom. The van der Waals surface area contributed by atoms with E-state index < -0.39 is 24.1 Å². The number of nitrogens with one attached hydrogen (secondary N) is 1. The molecule has 1 aliphatic rings. The van der Waals surface area contributed by atoms with Crippen molar-refractivity contribution in [3.05, 3.63) is 0 Å². The number of carbonyl (C=O) groups is 2. The van der Waals surface area contributed by atoms with Crippen molar-refractivity contribution < 1.29 is 19.8 Å². The number of aliphatic hydroxyl groups is 1. The van der Waals surface area contributed by atoms with E-state index >= 15 is 0 Å². The molecule has 0 saturated carbocycles. The topological polar surface area (TPSA) is 89.9 Å². The molecule has 0 aromatic heterocycles. The average Bonchev–Trinajstić information content (AvgIpc) is 2.65. The number of hydrogen-bond donors (Lipinski definition) is 3. The van der Waals surface area contributed by atoms with Gasteiger partial charge in [0, 0.05) is 13.1 Å². The summed E-state index contributed by atoms with van der Waals surface area (Å²) < 4.78 is 0. The zero-order valence-electron chi connectivity index (χ0n) is 8.64. The number of hydrogen-bond acceptors (Lipinski definition) is 3. The van der Waals surface area contributed by atoms with Gasteiger partial charge in [0.15, 0.2) is 6.04 Å². The van der Waals surface area contributed by atoms with E-state index in [0.29, 0.717) is 13.1 Å². The number of rotatable bonds is 3. The van der Waals surface area contributed by atoms with Crippen LogP contribution in [0.4, 0.5) is 4.79 Å². The fraction of sp³-hybridized carbons (Fsp3) is 0.778. The summed E-state index contributed by atoms with van der Waals surface area (Å²) in [7, 11) is 0. The molecule has 0 aliphatic carbocycles. The van der Waals surface area contributed by atoms with E-state index in [9.17, 15) is 9.59 Å². The lowest BCUT2D eigenvalue weighted by Gasteiger charge is -2.21. The molecule has 1 rings (SSSR count). The monoisotopic (exact) mass is 216 g/mol. The maximum Gasteiger partial charge on any atom is 0.328 e. The quantitative estimate of drug-likeness (QED) is 0.600. The summed E-state index contributed by atoms with van der Waals surface area (Å²) in [6.07, 6.45) is 0.786. The number of urea groups is 1. The molecule has 86 valence electrons. The van der Waals surface area contributed by atoms with E-state index in [1.54, 1.807) is 4.90 Å². The summed E-state index contributed by atoms with van der Waals surface area (Å²) in [5.41, 5.74) is 0. The minimum Gasteiger partial charge on any atom is -0.480 e. The third-order valence-corrected chi connectivity index (χ3v) is 2.42. The highest BCUT2D eigenvalue weighted by molar-refractivity contribution is 5.83. The van der Waals surface area contributed by atoms with E-state index in [-0.39, 0.29) is 0 Å². The molecule has 1 saturated heterocycles. The number of nitrogens with zero attached hydrogens (tertiary/aromatic N) is 1. The van der Waals surface area contributed by atoms with Gasteiger partial charge in [-0.3, -0.25) is 0 Å². The molecule has 0 unspecified atom stereocenters. The number of aliphatic hydroxyl groups excluding tert-OH is 1. The van der Waals surface area contributed by atoms with E-state index in [4.69, 9.17) is 10.2 Å². The van der Waals surface area contributed by atoms with Gasteiger partial charge < -0.3 is 20.4 Å². The standard InChI is InChI=1S/C9H16N2O4/c1-6(12)7(8(13)14)10-9(15)11-4-2-3-5-11/h6-7,12H,2-5H2,1H3,(H,10,15)(H,13,14)/t6-,7+/m1/s1. The molecule has 0 bridgehead atoms. The molecule has 1 heterocycles. The van der Waals surface area contributed by atoms with Crippen molar-refractivity contribution in [1.82, 2.24) is 10.2 Å². The van der Waals surface area contributed by atoms with Gasteiger partial charge in [-0.25, -0.2) is 9.59 Å². The Bertz CT molecular complexity index is 248. The van der Waals surface area contributed by atoms with Crippen LogP contribution in [0.2, 0.25) is 0 Å². The minimum atomic E-state index is -1.24. The van der Waals surface area contributed by atoms with Crippen LogP contribution in [0.1, 0.15) is 19.8 Å². The smallest absolute Gasteiger partial charge is 0.328 e. The predicted molar refractivity (Wildman–Crippen MR) is 52.4 cm³/mol. The van der Waals surface area contributed by atoms with Crippen molar-refractivity contribution >= 4 is 12.0 Å². The fourth-order valence-corrected chi connectivity index (χ4v) is 1.53. The molecule has 15 heavy (non-hydrogen) atoms. The molecule has 6 nitrogen and oxygen atoms in total. The van der Waals surface area contributed by atoms with Gasteiger partial charge in [-0.05, 0) is 19.8 Å². The first kappa shape index (κ1) is 11.8. The lowest BCUT2D eigenvalue weighted by molar-refractivity contribution is -0.141. The van der Waals surface area contributed by atoms with Gasteiger partial charge in [-0.2, -0.15) is 0 Å². The van der Waals surface area contributed by atoms with E-state index in [0.717, 1.165) is 12.8 Å². The number of amides is 2. The van der Waals surface area contributed by atoms with Crippen molar-refractivity contribution in [2.45, 2.75) is 31.9 Å². The molecule has 0 aromatic rings. The summed E-state index contributed by atoms with van der Waals surface area (Å²) in [4.78, 5) is 23.8. The molecule has 2 amide bonds. The molecule has 0 radical (unpaired) electrons. The summed E-state index contributed by atoms with van der Waals surface area (Å²) in [5.74, 6) is -1.22. The van der Waals surface area contributed by atoms with Crippen molar-refractivity contribution in [3.8, 4) is 0 Å². The van der Waals surface area contributed by atoms with Crippen LogP contribution >= 0.6 is 0 Å². The van der Waals surface area contributed by atoms with Crippen LogP contribution in [0.15, 0.2) is 0 Å². The Kier molecular flexibility index (Phi) is 3.90. The normalized spacial score (nSPS) is 19.7. The van der Waals surface area contributed by atoms with Gasteiger partial charge in [0.1, 0.15) is 0 Å². The molecular formula is C9H16N2O4. The first-order valence-corrected chi connectivity index (χ1v) is 4.98. The van der Waals surface area contributed by atoms with Crippen LogP contribution in [-0.2, 0) is 4.79 Å². The second-order valence-electron chi connectivity index (χ2n) is 3.70. The maximum absolute atomic E-state index is 11.5. The second-order valence-corrected chi connectivity index (χ2v) is 3.70. The van der Waals surface area contributed by atoms with Crippen molar-refractivity contribution in [1.29, 1.82) is 0 Å². The van der Waals surface area contributed by atoms with Crippen LogP contribution < -0.4 is 5.32 Å². The molecule has 1 fully saturated rings. The molecule has 1 aliphatic heterocycles. The van der Waals surface area contributed by atoms with Gasteiger partial charge in [0.2, 0.25) is 0 Å². The summed E-state index contributed by atoms with van der Waals surface area (Å²) >= 11 is 0. The zero-order valence-corrected chi connectivity index (χ0v) is 8.64. The third-order valence-electron chi connectivity index (χ3n) is 2.42. The zero-order chi connectivity index (χ0) is 11.4. The second kappa shape index (κ2) is 4.97. The van der Waals surface area contributed by atoms with Crippen molar-refractivity contribution in [2.75, 3.05) is 13.1 Å². The summed E-state index contributed by atoms with van der Waals surface area (Å²) in [6, 6.07) is -1.65. The van der Waals surface area contributed by atoms with Crippen LogP contribution in [0.25, 0.3) is 0 Å². The number of likely N-dealkylation sites (tertiary alicyclic amines) is 1. The van der Waals surface area contributed by atoms with Crippen LogP contribution in [0.5, 0.6) is 0 Å². The molecule has 3 N–H and O–H groups in total. The number of carboxylic acids is 1. The Morgan fingerprint density at radius 2 is 1.87 bits per heavy atom. The predicted octanol–water partition coefficient (Wildman–Crippen LogP) is -0.374. The minimum absolute atomic E-state index is 0.416. The van der Waals surface area contributed by atoms with E-state index in [2.05, 4.69) is 5.32 Å². The fourth-order valence-electron chi connectivity index (χ4n) is 1.53. The Morgan fingerprint density at radius 1 is 1.33 bits per heavy atom. The summed E-state index contributed by atoms with van der Waals surface area (Å²) in [6.45, 7) is 2.64. The van der Waals surface area contributed by atoms with Gasteiger partial charge in [0.25, 0.3) is 0 Å². The van der Waals surface area contributed by atoms with Gasteiger partial charge in [-0.15, -0.1) is 0 Å². The lowest BCUT2D eigenvalue weighted by atomic mass is 10.2. The van der Waals surface area contributed by atoms with E-state index in [1.165, 1.54) is 6.92 Å². The van der Waals surface area contributed by atoms with Gasteiger partial charge in [0.05, 0.1) is 6.10 Å². The van der Waals surface area contributed by atoms with Crippen molar-refractivity contribution in [2.24, 2.45) is 0 Å². The molecule has 2 atom stereocenters. The highest BCUT2D eigenvalue weighted by atomic mass is 16.4.